The van der Waals surface area contributed by atoms with Gasteiger partial charge in [0.05, 0.1) is 19.6 Å². The predicted octanol–water partition coefficient (Wildman–Crippen LogP) is 1.27. The molecule has 0 aliphatic heterocycles. The van der Waals surface area contributed by atoms with Crippen molar-refractivity contribution in [3.63, 3.8) is 0 Å². The highest BCUT2D eigenvalue weighted by Crippen LogP contribution is 1.97. The molecule has 12 heavy (non-hydrogen) atoms. The van der Waals surface area contributed by atoms with Gasteiger partial charge in [-0.15, -0.1) is 0 Å². The Kier molecular flexibility index (Phi) is 6.38. The highest BCUT2D eigenvalue weighted by molar-refractivity contribution is 5.70. The van der Waals surface area contributed by atoms with Crippen molar-refractivity contribution in [3.05, 3.63) is 12.2 Å². The summed E-state index contributed by atoms with van der Waals surface area (Å²) in [5.74, 6) is -0.386. The Morgan fingerprint density at radius 1 is 1.67 bits per heavy atom. The summed E-state index contributed by atoms with van der Waals surface area (Å²) in [4.78, 5) is 10.6. The van der Waals surface area contributed by atoms with Crippen molar-refractivity contribution in [1.29, 1.82) is 0 Å². The van der Waals surface area contributed by atoms with E-state index in [1.807, 2.05) is 6.08 Å². The van der Waals surface area contributed by atoms with Crippen molar-refractivity contribution in [2.45, 2.75) is 32.3 Å². The van der Waals surface area contributed by atoms with Crippen molar-refractivity contribution < 1.29 is 14.6 Å². The van der Waals surface area contributed by atoms with Gasteiger partial charge in [-0.1, -0.05) is 25.5 Å². The topological polar surface area (TPSA) is 46.5 Å². The summed E-state index contributed by atoms with van der Waals surface area (Å²) < 4.78 is 4.39. The lowest BCUT2D eigenvalue weighted by Gasteiger charge is -2.02. The summed E-state index contributed by atoms with van der Waals surface area (Å²) in [5, 5.41) is 9.19. The van der Waals surface area contributed by atoms with Gasteiger partial charge in [0.15, 0.2) is 0 Å². The van der Waals surface area contributed by atoms with Crippen molar-refractivity contribution in [3.8, 4) is 0 Å². The quantitative estimate of drug-likeness (QED) is 0.501. The lowest BCUT2D eigenvalue weighted by atomic mass is 10.2. The van der Waals surface area contributed by atoms with Crippen LogP contribution in [0.25, 0.3) is 0 Å². The predicted molar refractivity (Wildman–Crippen MR) is 46.7 cm³/mol. The summed E-state index contributed by atoms with van der Waals surface area (Å²) >= 11 is 0. The molecule has 0 rings (SSSR count). The van der Waals surface area contributed by atoms with Crippen LogP contribution in [-0.4, -0.2) is 24.3 Å². The number of allylic oxidation sites excluding steroid dienone is 1. The maximum atomic E-state index is 10.6. The summed E-state index contributed by atoms with van der Waals surface area (Å²) in [6.45, 7) is 2.05. The lowest BCUT2D eigenvalue weighted by Crippen LogP contribution is -2.11. The Bertz CT molecular complexity index is 152. The van der Waals surface area contributed by atoms with E-state index in [1.54, 1.807) is 6.08 Å². The van der Waals surface area contributed by atoms with Crippen LogP contribution >= 0.6 is 0 Å². The number of aliphatic hydroxyl groups excluding tert-OH is 1. The molecule has 70 valence electrons. The van der Waals surface area contributed by atoms with Crippen LogP contribution in [0.2, 0.25) is 0 Å². The molecule has 0 saturated heterocycles. The van der Waals surface area contributed by atoms with Crippen LogP contribution < -0.4 is 0 Å². The van der Waals surface area contributed by atoms with Crippen LogP contribution in [-0.2, 0) is 9.53 Å². The molecular formula is C9H16O3. The van der Waals surface area contributed by atoms with Gasteiger partial charge in [0, 0.05) is 0 Å². The second-order valence-electron chi connectivity index (χ2n) is 2.56. The zero-order valence-corrected chi connectivity index (χ0v) is 7.62. The molecule has 0 radical (unpaired) electrons. The third-order valence-corrected chi connectivity index (χ3v) is 1.42. The number of carbonyl (C=O) groups excluding carboxylic acids is 1. The Morgan fingerprint density at radius 3 is 2.83 bits per heavy atom. The number of aliphatic hydroxyl groups is 1. The normalized spacial score (nSPS) is 13.2. The molecule has 0 spiro atoms. The lowest BCUT2D eigenvalue weighted by molar-refractivity contribution is -0.142. The number of hydrogen-bond donors (Lipinski definition) is 1. The van der Waals surface area contributed by atoms with Gasteiger partial charge in [-0.05, 0) is 6.42 Å². The maximum Gasteiger partial charge on any atom is 0.308 e. The number of hydrogen-bond acceptors (Lipinski definition) is 3. The minimum atomic E-state index is -0.705. The highest BCUT2D eigenvalue weighted by atomic mass is 16.5. The van der Waals surface area contributed by atoms with Gasteiger partial charge < -0.3 is 9.84 Å². The Labute approximate surface area is 73.0 Å². The molecule has 1 atom stereocenters. The molecule has 0 bridgehead atoms. The summed E-state index contributed by atoms with van der Waals surface area (Å²) in [7, 11) is 1.31. The van der Waals surface area contributed by atoms with E-state index >= 15 is 0 Å². The molecule has 0 fully saturated rings. The average molecular weight is 172 g/mol. The molecule has 0 aromatic carbocycles. The number of methoxy groups -OCH3 is 1. The van der Waals surface area contributed by atoms with Crippen LogP contribution in [0.4, 0.5) is 0 Å². The molecule has 0 aliphatic carbocycles. The first-order chi connectivity index (χ1) is 5.70. The molecular weight excluding hydrogens is 156 g/mol. The standard InChI is InChI=1S/C9H16O3/c1-3-4-5-6-8(10)7-9(11)12-2/h5-6,8,10H,3-4,7H2,1-2H3/b6-5+/t8-/m0/s1. The molecule has 3 heteroatoms. The number of unbranched alkanes of at least 4 members (excludes halogenated alkanes) is 1. The molecule has 0 aromatic rings. The summed E-state index contributed by atoms with van der Waals surface area (Å²) in [6.07, 6.45) is 4.80. The van der Waals surface area contributed by atoms with Crippen molar-refractivity contribution in [1.82, 2.24) is 0 Å². The van der Waals surface area contributed by atoms with Gasteiger partial charge >= 0.3 is 5.97 Å². The van der Waals surface area contributed by atoms with Crippen LogP contribution in [0.1, 0.15) is 26.2 Å². The van der Waals surface area contributed by atoms with Gasteiger partial charge in [0.1, 0.15) is 0 Å². The van der Waals surface area contributed by atoms with E-state index in [4.69, 9.17) is 0 Å². The zero-order valence-electron chi connectivity index (χ0n) is 7.62. The molecule has 3 nitrogen and oxygen atoms in total. The second kappa shape index (κ2) is 6.85. The fourth-order valence-electron chi connectivity index (χ4n) is 0.742. The zero-order chi connectivity index (χ0) is 9.40. The van der Waals surface area contributed by atoms with Gasteiger partial charge in [-0.2, -0.15) is 0 Å². The largest absolute Gasteiger partial charge is 0.469 e. The minimum Gasteiger partial charge on any atom is -0.469 e. The number of esters is 1. The first-order valence-corrected chi connectivity index (χ1v) is 4.12. The molecule has 0 aliphatic rings. The molecule has 0 aromatic heterocycles. The first kappa shape index (κ1) is 11.2. The molecule has 1 N–H and O–H groups in total. The first-order valence-electron chi connectivity index (χ1n) is 4.12. The van der Waals surface area contributed by atoms with E-state index in [0.29, 0.717) is 0 Å². The summed E-state index contributed by atoms with van der Waals surface area (Å²) in [6, 6.07) is 0. The number of ether oxygens (including phenoxy) is 1. The van der Waals surface area contributed by atoms with Crippen molar-refractivity contribution in [2.75, 3.05) is 7.11 Å². The van der Waals surface area contributed by atoms with Gasteiger partial charge in [0.25, 0.3) is 0 Å². The number of rotatable bonds is 5. The highest BCUT2D eigenvalue weighted by Gasteiger charge is 2.06. The number of carbonyl (C=O) groups is 1. The second-order valence-corrected chi connectivity index (χ2v) is 2.56. The molecule has 0 amide bonds. The monoisotopic (exact) mass is 172 g/mol. The molecule has 0 saturated carbocycles. The van der Waals surface area contributed by atoms with Crippen LogP contribution in [0, 0.1) is 0 Å². The van der Waals surface area contributed by atoms with Gasteiger partial charge in [-0.25, -0.2) is 0 Å². The minimum absolute atomic E-state index is 0.0384. The van der Waals surface area contributed by atoms with Gasteiger partial charge in [0.2, 0.25) is 0 Å². The fourth-order valence-corrected chi connectivity index (χ4v) is 0.742. The van der Waals surface area contributed by atoms with E-state index < -0.39 is 6.10 Å². The van der Waals surface area contributed by atoms with E-state index in [9.17, 15) is 9.90 Å². The van der Waals surface area contributed by atoms with Crippen molar-refractivity contribution in [2.24, 2.45) is 0 Å². The Balaban J connectivity index is 3.58. The van der Waals surface area contributed by atoms with Crippen LogP contribution in [0.3, 0.4) is 0 Å². The van der Waals surface area contributed by atoms with Crippen molar-refractivity contribution >= 4 is 5.97 Å². The maximum absolute atomic E-state index is 10.6. The average Bonchev–Trinajstić information content (AvgIpc) is 2.05. The SMILES string of the molecule is CCC/C=C/[C@H](O)CC(=O)OC. The molecule has 0 heterocycles. The van der Waals surface area contributed by atoms with E-state index in [-0.39, 0.29) is 12.4 Å². The molecule has 0 unspecified atom stereocenters. The Morgan fingerprint density at radius 2 is 2.33 bits per heavy atom. The third kappa shape index (κ3) is 5.92. The van der Waals surface area contributed by atoms with E-state index in [2.05, 4.69) is 11.7 Å². The van der Waals surface area contributed by atoms with Gasteiger partial charge in [-0.3, -0.25) is 4.79 Å². The fraction of sp³-hybridized carbons (Fsp3) is 0.667. The summed E-state index contributed by atoms with van der Waals surface area (Å²) in [5.41, 5.74) is 0. The van der Waals surface area contributed by atoms with Crippen LogP contribution in [0.5, 0.6) is 0 Å². The van der Waals surface area contributed by atoms with E-state index in [0.717, 1.165) is 12.8 Å². The van der Waals surface area contributed by atoms with Crippen LogP contribution in [0.15, 0.2) is 12.2 Å². The Hall–Kier alpha value is -0.830. The third-order valence-electron chi connectivity index (χ3n) is 1.42. The van der Waals surface area contributed by atoms with E-state index in [1.165, 1.54) is 7.11 Å². The smallest absolute Gasteiger partial charge is 0.308 e.